The van der Waals surface area contributed by atoms with Crippen LogP contribution in [0.25, 0.3) is 5.52 Å². The van der Waals surface area contributed by atoms with Crippen molar-refractivity contribution in [3.63, 3.8) is 0 Å². The molecule has 4 nitrogen and oxygen atoms in total. The van der Waals surface area contributed by atoms with Crippen molar-refractivity contribution in [2.24, 2.45) is 0 Å². The van der Waals surface area contributed by atoms with Crippen LogP contribution in [-0.4, -0.2) is 24.8 Å². The van der Waals surface area contributed by atoms with Gasteiger partial charge in [-0.25, -0.2) is 8.42 Å². The quantitative estimate of drug-likeness (QED) is 0.384. The molecule has 0 bridgehead atoms. The van der Waals surface area contributed by atoms with Crippen LogP contribution in [0.3, 0.4) is 0 Å². The summed E-state index contributed by atoms with van der Waals surface area (Å²) >= 11 is 3.36. The number of sulfone groups is 1. The molecule has 6 heteroatoms. The second kappa shape index (κ2) is 7.84. The van der Waals surface area contributed by atoms with Crippen molar-refractivity contribution in [2.75, 3.05) is 11.9 Å². The van der Waals surface area contributed by atoms with Crippen LogP contribution >= 0.6 is 15.9 Å². The van der Waals surface area contributed by atoms with Crippen LogP contribution in [0.4, 0.5) is 0 Å². The van der Waals surface area contributed by atoms with Gasteiger partial charge in [-0.1, -0.05) is 35.8 Å². The number of halogens is 1. The van der Waals surface area contributed by atoms with E-state index in [1.807, 2.05) is 48.8 Å². The van der Waals surface area contributed by atoms with Gasteiger partial charge in [0.15, 0.2) is 0 Å². The molecule has 26 heavy (non-hydrogen) atoms. The SMILES string of the molecule is CC(C)c1cn2ccccc2c1S(=O)(=O)c1ccc(OCCCBr)cc1. The number of hydrogen-bond acceptors (Lipinski definition) is 3. The van der Waals surface area contributed by atoms with Gasteiger partial charge in [-0.15, -0.1) is 0 Å². The van der Waals surface area contributed by atoms with E-state index in [0.717, 1.165) is 17.3 Å². The fourth-order valence-electron chi connectivity index (χ4n) is 2.90. The predicted molar refractivity (Wildman–Crippen MR) is 107 cm³/mol. The van der Waals surface area contributed by atoms with E-state index in [4.69, 9.17) is 4.74 Å². The van der Waals surface area contributed by atoms with E-state index in [1.165, 1.54) is 0 Å². The smallest absolute Gasteiger partial charge is 0.209 e. The molecule has 0 amide bonds. The Balaban J connectivity index is 2.03. The molecule has 0 aliphatic heterocycles. The summed E-state index contributed by atoms with van der Waals surface area (Å²) in [6.07, 6.45) is 4.68. The summed E-state index contributed by atoms with van der Waals surface area (Å²) in [4.78, 5) is 0.672. The predicted octanol–water partition coefficient (Wildman–Crippen LogP) is 5.06. The molecule has 0 atom stereocenters. The van der Waals surface area contributed by atoms with Crippen LogP contribution < -0.4 is 4.74 Å². The van der Waals surface area contributed by atoms with E-state index in [0.29, 0.717) is 22.8 Å². The number of ether oxygens (including phenoxy) is 1. The molecule has 0 aliphatic carbocycles. The normalized spacial score (nSPS) is 12.0. The Labute approximate surface area is 162 Å². The molecule has 2 aromatic heterocycles. The van der Waals surface area contributed by atoms with E-state index in [-0.39, 0.29) is 10.8 Å². The Kier molecular flexibility index (Phi) is 5.73. The molecule has 0 saturated carbocycles. The average molecular weight is 436 g/mol. The molecule has 3 rings (SSSR count). The summed E-state index contributed by atoms with van der Waals surface area (Å²) in [5.74, 6) is 0.780. The second-order valence-corrected chi connectivity index (χ2v) is 9.11. The molecule has 0 unspecified atom stereocenters. The molecule has 0 saturated heterocycles. The van der Waals surface area contributed by atoms with Crippen molar-refractivity contribution in [1.29, 1.82) is 0 Å². The number of rotatable bonds is 7. The zero-order valence-electron chi connectivity index (χ0n) is 14.9. The monoisotopic (exact) mass is 435 g/mol. The molecule has 0 N–H and O–H groups in total. The largest absolute Gasteiger partial charge is 0.494 e. The highest BCUT2D eigenvalue weighted by molar-refractivity contribution is 9.09. The van der Waals surface area contributed by atoms with Gasteiger partial charge in [0.25, 0.3) is 0 Å². The maximum Gasteiger partial charge on any atom is 0.209 e. The Morgan fingerprint density at radius 3 is 2.50 bits per heavy atom. The molecular weight excluding hydrogens is 414 g/mol. The van der Waals surface area contributed by atoms with Gasteiger partial charge >= 0.3 is 0 Å². The zero-order chi connectivity index (χ0) is 18.7. The summed E-state index contributed by atoms with van der Waals surface area (Å²) in [6, 6.07) is 12.3. The average Bonchev–Trinajstić information content (AvgIpc) is 3.03. The lowest BCUT2D eigenvalue weighted by Gasteiger charge is -2.10. The number of aromatic nitrogens is 1. The van der Waals surface area contributed by atoms with Gasteiger partial charge in [-0.05, 0) is 54.3 Å². The Bertz CT molecular complexity index is 992. The van der Waals surface area contributed by atoms with Crippen LogP contribution in [0.2, 0.25) is 0 Å². The number of hydrogen-bond donors (Lipinski definition) is 0. The van der Waals surface area contributed by atoms with Crippen LogP contribution in [0, 0.1) is 0 Å². The lowest BCUT2D eigenvalue weighted by molar-refractivity contribution is 0.319. The van der Waals surface area contributed by atoms with Crippen molar-refractivity contribution in [3.05, 3.63) is 60.4 Å². The molecule has 0 radical (unpaired) electrons. The highest BCUT2D eigenvalue weighted by Crippen LogP contribution is 2.34. The first-order valence-electron chi connectivity index (χ1n) is 8.58. The van der Waals surface area contributed by atoms with Crippen molar-refractivity contribution in [1.82, 2.24) is 4.40 Å². The van der Waals surface area contributed by atoms with Gasteiger partial charge < -0.3 is 9.14 Å². The van der Waals surface area contributed by atoms with Gasteiger partial charge in [0.05, 0.1) is 17.0 Å². The van der Waals surface area contributed by atoms with Gasteiger partial charge in [0.1, 0.15) is 10.6 Å². The van der Waals surface area contributed by atoms with E-state index in [2.05, 4.69) is 15.9 Å². The standard InChI is InChI=1S/C20H22BrNO3S/c1-15(2)18-14-22-12-4-3-6-19(22)20(18)26(23,24)17-9-7-16(8-10-17)25-13-5-11-21/h3-4,6-10,12,14-15H,5,11,13H2,1-2H3. The lowest BCUT2D eigenvalue weighted by atomic mass is 10.1. The van der Waals surface area contributed by atoms with Gasteiger partial charge in [-0.2, -0.15) is 0 Å². The van der Waals surface area contributed by atoms with E-state index in [9.17, 15) is 8.42 Å². The number of alkyl halides is 1. The van der Waals surface area contributed by atoms with Crippen molar-refractivity contribution >= 4 is 31.3 Å². The highest BCUT2D eigenvalue weighted by atomic mass is 79.9. The topological polar surface area (TPSA) is 47.8 Å². The van der Waals surface area contributed by atoms with Crippen LogP contribution in [0.15, 0.2) is 64.6 Å². The minimum Gasteiger partial charge on any atom is -0.494 e. The number of nitrogens with zero attached hydrogens (tertiary/aromatic N) is 1. The first-order valence-corrected chi connectivity index (χ1v) is 11.2. The molecule has 2 heterocycles. The minimum atomic E-state index is -3.62. The maximum absolute atomic E-state index is 13.3. The molecule has 3 aromatic rings. The summed E-state index contributed by atoms with van der Waals surface area (Å²) in [5.41, 5.74) is 1.53. The van der Waals surface area contributed by atoms with E-state index in [1.54, 1.807) is 24.3 Å². The Morgan fingerprint density at radius 1 is 1.12 bits per heavy atom. The molecule has 0 fully saturated rings. The fourth-order valence-corrected chi connectivity index (χ4v) is 4.91. The molecular formula is C20H22BrNO3S. The van der Waals surface area contributed by atoms with Crippen molar-refractivity contribution in [3.8, 4) is 5.75 Å². The molecule has 138 valence electrons. The van der Waals surface area contributed by atoms with Gasteiger partial charge in [0.2, 0.25) is 9.84 Å². The third-order valence-corrected chi connectivity index (χ3v) is 6.67. The third kappa shape index (κ3) is 3.67. The highest BCUT2D eigenvalue weighted by Gasteiger charge is 2.27. The summed E-state index contributed by atoms with van der Waals surface area (Å²) in [6.45, 7) is 4.61. The summed E-state index contributed by atoms with van der Waals surface area (Å²) in [5, 5.41) is 0.874. The second-order valence-electron chi connectivity index (χ2n) is 6.43. The van der Waals surface area contributed by atoms with Crippen molar-refractivity contribution in [2.45, 2.75) is 36.0 Å². The lowest BCUT2D eigenvalue weighted by Crippen LogP contribution is -2.05. The molecule has 1 aromatic carbocycles. The molecule has 0 spiro atoms. The molecule has 0 aliphatic rings. The van der Waals surface area contributed by atoms with Crippen LogP contribution in [0.1, 0.15) is 31.7 Å². The van der Waals surface area contributed by atoms with Crippen LogP contribution in [-0.2, 0) is 9.84 Å². The Morgan fingerprint density at radius 2 is 1.85 bits per heavy atom. The summed E-state index contributed by atoms with van der Waals surface area (Å²) < 4.78 is 34.2. The third-order valence-electron chi connectivity index (χ3n) is 4.23. The number of pyridine rings is 1. The van der Waals surface area contributed by atoms with Crippen LogP contribution in [0.5, 0.6) is 5.75 Å². The van der Waals surface area contributed by atoms with Crippen molar-refractivity contribution < 1.29 is 13.2 Å². The summed E-state index contributed by atoms with van der Waals surface area (Å²) in [7, 11) is -3.62. The van der Waals surface area contributed by atoms with Gasteiger partial charge in [-0.3, -0.25) is 0 Å². The van der Waals surface area contributed by atoms with E-state index < -0.39 is 9.84 Å². The van der Waals surface area contributed by atoms with Gasteiger partial charge in [0, 0.05) is 17.7 Å². The zero-order valence-corrected chi connectivity index (χ0v) is 17.3. The first-order chi connectivity index (χ1) is 12.4. The number of fused-ring (bicyclic) bond motifs is 1. The van der Waals surface area contributed by atoms with E-state index >= 15 is 0 Å². The fraction of sp³-hybridized carbons (Fsp3) is 0.300. The first kappa shape index (κ1) is 19.0. The Hall–Kier alpha value is -1.79. The number of benzene rings is 1. The minimum absolute atomic E-state index is 0.103. The maximum atomic E-state index is 13.3.